The lowest BCUT2D eigenvalue weighted by atomic mass is 10.00. The monoisotopic (exact) mass is 271 g/mol. The number of carbonyl (C=O) groups excluding carboxylic acids is 1. The minimum absolute atomic E-state index is 0.0747. The molecule has 2 aliphatic rings. The Bertz CT molecular complexity index is 498. The second-order valence-electron chi connectivity index (χ2n) is 4.82. The number of Topliss-reactive ketones (excluding diaryl/α,β-unsaturated/α-hetero) is 1. The Morgan fingerprint density at radius 2 is 1.89 bits per heavy atom. The Kier molecular flexibility index (Phi) is 2.87. The van der Waals surface area contributed by atoms with E-state index in [9.17, 15) is 18.0 Å². The van der Waals surface area contributed by atoms with Gasteiger partial charge in [0.1, 0.15) is 6.10 Å². The highest BCUT2D eigenvalue weighted by molar-refractivity contribution is 5.84. The van der Waals surface area contributed by atoms with E-state index < -0.39 is 17.8 Å². The lowest BCUT2D eigenvalue weighted by molar-refractivity contribution is -0.189. The Morgan fingerprint density at radius 1 is 1.21 bits per heavy atom. The number of ketones is 1. The zero-order chi connectivity index (χ0) is 13.6. The standard InChI is InChI=1S/C13H12F3NO2/c14-13(15,16)9-3-1-8(2-4-9)10-7-12-11(18)5-6-17(10)19-12/h1-4,10,12H,5-7H2/t10-,12-/m1/s1. The van der Waals surface area contributed by atoms with Crippen molar-refractivity contribution in [3.8, 4) is 0 Å². The second kappa shape index (κ2) is 4.31. The van der Waals surface area contributed by atoms with Crippen LogP contribution in [0.15, 0.2) is 24.3 Å². The van der Waals surface area contributed by atoms with Gasteiger partial charge in [0, 0.05) is 19.4 Å². The van der Waals surface area contributed by atoms with E-state index in [1.807, 2.05) is 0 Å². The van der Waals surface area contributed by atoms with E-state index in [0.717, 1.165) is 17.7 Å². The normalized spacial score (nSPS) is 30.7. The van der Waals surface area contributed by atoms with Gasteiger partial charge in [-0.1, -0.05) is 12.1 Å². The predicted octanol–water partition coefficient (Wildman–Crippen LogP) is 2.73. The predicted molar refractivity (Wildman–Crippen MR) is 60.0 cm³/mol. The molecule has 3 rings (SSSR count). The molecule has 2 heterocycles. The van der Waals surface area contributed by atoms with Crippen LogP contribution >= 0.6 is 0 Å². The van der Waals surface area contributed by atoms with Crippen molar-refractivity contribution in [2.75, 3.05) is 6.54 Å². The zero-order valence-corrected chi connectivity index (χ0v) is 9.98. The first-order valence-corrected chi connectivity index (χ1v) is 6.08. The van der Waals surface area contributed by atoms with E-state index in [1.54, 1.807) is 5.06 Å². The molecule has 0 radical (unpaired) electrons. The van der Waals surface area contributed by atoms with E-state index in [1.165, 1.54) is 12.1 Å². The molecule has 3 atom stereocenters. The number of benzene rings is 1. The van der Waals surface area contributed by atoms with Crippen LogP contribution in [0.4, 0.5) is 13.2 Å². The number of hydrogen-bond acceptors (Lipinski definition) is 3. The summed E-state index contributed by atoms with van der Waals surface area (Å²) in [6, 6.07) is 4.93. The zero-order valence-electron chi connectivity index (χ0n) is 9.98. The molecular weight excluding hydrogens is 259 g/mol. The molecule has 2 fully saturated rings. The molecular formula is C13H12F3NO2. The number of halogens is 3. The largest absolute Gasteiger partial charge is 0.416 e. The van der Waals surface area contributed by atoms with E-state index in [0.29, 0.717) is 19.4 Å². The summed E-state index contributed by atoms with van der Waals surface area (Å²) >= 11 is 0. The van der Waals surface area contributed by atoms with Crippen LogP contribution in [0.3, 0.4) is 0 Å². The van der Waals surface area contributed by atoms with Gasteiger partial charge >= 0.3 is 6.18 Å². The number of alkyl halides is 3. The van der Waals surface area contributed by atoms with Crippen LogP contribution in [0.25, 0.3) is 0 Å². The van der Waals surface area contributed by atoms with E-state index in [2.05, 4.69) is 0 Å². The van der Waals surface area contributed by atoms with E-state index in [4.69, 9.17) is 4.84 Å². The first kappa shape index (κ1) is 12.6. The molecule has 1 aromatic carbocycles. The highest BCUT2D eigenvalue weighted by atomic mass is 19.4. The van der Waals surface area contributed by atoms with Gasteiger partial charge in [-0.05, 0) is 17.7 Å². The first-order chi connectivity index (χ1) is 8.95. The van der Waals surface area contributed by atoms with Crippen LogP contribution in [-0.4, -0.2) is 23.5 Å². The highest BCUT2D eigenvalue weighted by Crippen LogP contribution is 2.38. The minimum Gasteiger partial charge on any atom is -0.297 e. The van der Waals surface area contributed by atoms with Gasteiger partial charge in [-0.15, -0.1) is 0 Å². The fourth-order valence-corrected chi connectivity index (χ4v) is 2.58. The summed E-state index contributed by atoms with van der Waals surface area (Å²) in [5, 5.41) is 1.70. The molecule has 3 nitrogen and oxygen atoms in total. The third kappa shape index (κ3) is 2.26. The number of hydroxylamine groups is 2. The summed E-state index contributed by atoms with van der Waals surface area (Å²) in [5.41, 5.74) is 0.0920. The maximum absolute atomic E-state index is 12.5. The molecule has 0 aromatic heterocycles. The van der Waals surface area contributed by atoms with Gasteiger partial charge in [-0.3, -0.25) is 9.63 Å². The van der Waals surface area contributed by atoms with Gasteiger partial charge in [0.05, 0.1) is 11.6 Å². The van der Waals surface area contributed by atoms with Gasteiger partial charge in [0.15, 0.2) is 5.78 Å². The van der Waals surface area contributed by atoms with Crippen molar-refractivity contribution in [1.82, 2.24) is 5.06 Å². The minimum atomic E-state index is -4.32. The molecule has 0 saturated carbocycles. The SMILES string of the molecule is O=C1CCN2O[C@@H]1C[C@@H]2c1ccc(C(F)(F)F)cc1. The molecule has 2 saturated heterocycles. The number of carbonyl (C=O) groups is 1. The summed E-state index contributed by atoms with van der Waals surface area (Å²) in [6.45, 7) is 0.501. The average Bonchev–Trinajstić information content (AvgIpc) is 2.73. The van der Waals surface area contributed by atoms with Gasteiger partial charge in [0.2, 0.25) is 0 Å². The molecule has 2 bridgehead atoms. The quantitative estimate of drug-likeness (QED) is 0.786. The average molecular weight is 271 g/mol. The lowest BCUT2D eigenvalue weighted by Crippen LogP contribution is -2.33. The van der Waals surface area contributed by atoms with Crippen molar-refractivity contribution < 1.29 is 22.8 Å². The smallest absolute Gasteiger partial charge is 0.297 e. The number of fused-ring (bicyclic) bond motifs is 2. The molecule has 102 valence electrons. The van der Waals surface area contributed by atoms with Crippen LogP contribution in [0.2, 0.25) is 0 Å². The van der Waals surface area contributed by atoms with E-state index >= 15 is 0 Å². The summed E-state index contributed by atoms with van der Waals surface area (Å²) in [5.74, 6) is 0.0747. The van der Waals surface area contributed by atoms with Crippen LogP contribution in [-0.2, 0) is 15.8 Å². The summed E-state index contributed by atoms with van der Waals surface area (Å²) in [6.07, 6.45) is -3.79. The molecule has 0 N–H and O–H groups in total. The Labute approximate surface area is 107 Å². The molecule has 0 amide bonds. The molecule has 1 aromatic rings. The molecule has 6 heteroatoms. The molecule has 19 heavy (non-hydrogen) atoms. The highest BCUT2D eigenvalue weighted by Gasteiger charge is 2.42. The van der Waals surface area contributed by atoms with Crippen LogP contribution in [0.5, 0.6) is 0 Å². The molecule has 0 aliphatic carbocycles. The van der Waals surface area contributed by atoms with Crippen molar-refractivity contribution >= 4 is 5.78 Å². The van der Waals surface area contributed by atoms with E-state index in [-0.39, 0.29) is 11.8 Å². The summed E-state index contributed by atoms with van der Waals surface area (Å²) in [4.78, 5) is 16.9. The van der Waals surface area contributed by atoms with Crippen molar-refractivity contribution in [3.05, 3.63) is 35.4 Å². The Hall–Kier alpha value is -1.40. The third-order valence-electron chi connectivity index (χ3n) is 3.61. The molecule has 1 unspecified atom stereocenters. The third-order valence-corrected chi connectivity index (χ3v) is 3.61. The van der Waals surface area contributed by atoms with Crippen LogP contribution in [0.1, 0.15) is 30.0 Å². The molecule has 2 aliphatic heterocycles. The van der Waals surface area contributed by atoms with Crippen molar-refractivity contribution in [2.24, 2.45) is 0 Å². The fraction of sp³-hybridized carbons (Fsp3) is 0.462. The van der Waals surface area contributed by atoms with Crippen LogP contribution in [0, 0.1) is 0 Å². The number of rotatable bonds is 1. The maximum Gasteiger partial charge on any atom is 0.416 e. The van der Waals surface area contributed by atoms with Gasteiger partial charge < -0.3 is 0 Å². The number of nitrogens with zero attached hydrogens (tertiary/aromatic N) is 1. The van der Waals surface area contributed by atoms with Crippen molar-refractivity contribution in [1.29, 1.82) is 0 Å². The molecule has 0 spiro atoms. The Morgan fingerprint density at radius 3 is 2.47 bits per heavy atom. The summed E-state index contributed by atoms with van der Waals surface area (Å²) in [7, 11) is 0. The van der Waals surface area contributed by atoms with Gasteiger partial charge in [0.25, 0.3) is 0 Å². The number of hydrogen-bond donors (Lipinski definition) is 0. The van der Waals surface area contributed by atoms with Crippen molar-refractivity contribution in [3.63, 3.8) is 0 Å². The van der Waals surface area contributed by atoms with Gasteiger partial charge in [-0.25, -0.2) is 0 Å². The lowest BCUT2D eigenvalue weighted by Gasteiger charge is -2.25. The Balaban J connectivity index is 1.82. The first-order valence-electron chi connectivity index (χ1n) is 6.08. The maximum atomic E-state index is 12.5. The topological polar surface area (TPSA) is 29.5 Å². The summed E-state index contributed by atoms with van der Waals surface area (Å²) < 4.78 is 37.4. The fourth-order valence-electron chi connectivity index (χ4n) is 2.58. The van der Waals surface area contributed by atoms with Crippen LogP contribution < -0.4 is 0 Å². The second-order valence-corrected chi connectivity index (χ2v) is 4.82. The van der Waals surface area contributed by atoms with Crippen molar-refractivity contribution in [2.45, 2.75) is 31.2 Å². The van der Waals surface area contributed by atoms with Gasteiger partial charge in [-0.2, -0.15) is 18.2 Å².